The molecule has 1 aromatic rings. The second-order valence-corrected chi connectivity index (χ2v) is 9.23. The number of hydrogen-bond donors (Lipinski definition) is 3. The summed E-state index contributed by atoms with van der Waals surface area (Å²) < 4.78 is 17.0. The van der Waals surface area contributed by atoms with Gasteiger partial charge in [-0.05, 0) is 33.6 Å². The number of H-pyrrole nitrogens is 1. The van der Waals surface area contributed by atoms with Crippen molar-refractivity contribution in [1.82, 2.24) is 20.2 Å². The monoisotopic (exact) mass is 468 g/mol. The van der Waals surface area contributed by atoms with E-state index in [9.17, 15) is 24.0 Å². The van der Waals surface area contributed by atoms with E-state index >= 15 is 0 Å². The van der Waals surface area contributed by atoms with E-state index in [1.165, 1.54) is 20.2 Å². The number of aromatic nitrogens is 2. The number of amides is 2. The first-order valence-electron chi connectivity index (χ1n) is 10.6. The fraction of sp³-hybridized carbons (Fsp3) is 0.667. The molecule has 1 aliphatic heterocycles. The molecule has 2 rings (SSSR count). The van der Waals surface area contributed by atoms with Crippen molar-refractivity contribution < 1.29 is 28.6 Å². The summed E-state index contributed by atoms with van der Waals surface area (Å²) >= 11 is 0. The molecule has 0 bridgehead atoms. The third kappa shape index (κ3) is 6.67. The van der Waals surface area contributed by atoms with Crippen LogP contribution in [0, 0.1) is 12.8 Å². The summed E-state index contributed by atoms with van der Waals surface area (Å²) in [5.74, 6) is -1.57. The van der Waals surface area contributed by atoms with Gasteiger partial charge in [0.05, 0.1) is 13.2 Å². The van der Waals surface area contributed by atoms with Crippen LogP contribution in [-0.2, 0) is 23.8 Å². The molecule has 12 heteroatoms. The first kappa shape index (κ1) is 26.1. The number of carbonyl (C=O) groups is 3. The van der Waals surface area contributed by atoms with Crippen LogP contribution < -0.4 is 21.9 Å². The van der Waals surface area contributed by atoms with E-state index in [2.05, 4.69) is 15.6 Å². The molecule has 2 heterocycles. The van der Waals surface area contributed by atoms with E-state index in [1.54, 1.807) is 34.6 Å². The van der Waals surface area contributed by atoms with Crippen LogP contribution in [0.25, 0.3) is 0 Å². The van der Waals surface area contributed by atoms with Crippen molar-refractivity contribution in [3.05, 3.63) is 32.6 Å². The van der Waals surface area contributed by atoms with Crippen LogP contribution in [0.2, 0.25) is 0 Å². The second-order valence-electron chi connectivity index (χ2n) is 9.23. The molecule has 4 atom stereocenters. The standard InChI is InChI=1S/C21H32N4O8/c1-10(2)14(18(28)31-7)23-17(27)15-12(22-20(30)33-21(4,5)6)8-13(32-15)25-9-11(3)16(26)24-19(25)29/h9-10,12-15H,8H2,1-7H3,(H,22,30)(H,23,27)(H,24,26,29)/t12-,13+,14-,15-/m0/s1. The Morgan fingerprint density at radius 1 is 1.24 bits per heavy atom. The molecular weight excluding hydrogens is 436 g/mol. The van der Waals surface area contributed by atoms with E-state index in [0.717, 1.165) is 4.57 Å². The van der Waals surface area contributed by atoms with E-state index in [4.69, 9.17) is 14.2 Å². The van der Waals surface area contributed by atoms with Gasteiger partial charge in [-0.25, -0.2) is 14.4 Å². The van der Waals surface area contributed by atoms with Gasteiger partial charge in [-0.3, -0.25) is 19.1 Å². The summed E-state index contributed by atoms with van der Waals surface area (Å²) in [5.41, 5.74) is -1.76. The third-order valence-corrected chi connectivity index (χ3v) is 4.96. The SMILES string of the molecule is COC(=O)[C@@H](NC(=O)[C@H]1O[C@@H](n2cc(C)c(=O)[nH]c2=O)C[C@@H]1NC(=O)OC(C)(C)C)C(C)C. The number of nitrogens with zero attached hydrogens (tertiary/aromatic N) is 1. The number of ether oxygens (including phenoxy) is 3. The normalized spacial score (nSPS) is 21.4. The van der Waals surface area contributed by atoms with Crippen LogP contribution in [0.15, 0.2) is 15.8 Å². The average Bonchev–Trinajstić information content (AvgIpc) is 3.09. The van der Waals surface area contributed by atoms with E-state index < -0.39 is 59.2 Å². The van der Waals surface area contributed by atoms with E-state index in [1.807, 2.05) is 0 Å². The molecule has 1 aliphatic rings. The van der Waals surface area contributed by atoms with Gasteiger partial charge in [0.25, 0.3) is 11.5 Å². The maximum Gasteiger partial charge on any atom is 0.407 e. The van der Waals surface area contributed by atoms with Crippen molar-refractivity contribution in [1.29, 1.82) is 0 Å². The number of carbonyl (C=O) groups excluding carboxylic acids is 3. The average molecular weight is 469 g/mol. The lowest BCUT2D eigenvalue weighted by Gasteiger charge is -2.25. The summed E-state index contributed by atoms with van der Waals surface area (Å²) in [5, 5.41) is 5.20. The van der Waals surface area contributed by atoms with Crippen molar-refractivity contribution >= 4 is 18.0 Å². The Labute approximate surface area is 191 Å². The summed E-state index contributed by atoms with van der Waals surface area (Å²) in [7, 11) is 1.21. The maximum absolute atomic E-state index is 13.1. The number of aryl methyl sites for hydroxylation is 1. The van der Waals surface area contributed by atoms with Crippen LogP contribution in [0.1, 0.15) is 52.8 Å². The van der Waals surface area contributed by atoms with Crippen LogP contribution in [0.3, 0.4) is 0 Å². The minimum atomic E-state index is -1.24. The Morgan fingerprint density at radius 3 is 2.42 bits per heavy atom. The minimum Gasteiger partial charge on any atom is -0.467 e. The Morgan fingerprint density at radius 2 is 1.88 bits per heavy atom. The molecule has 0 spiro atoms. The largest absolute Gasteiger partial charge is 0.467 e. The Hall–Kier alpha value is -3.15. The van der Waals surface area contributed by atoms with Gasteiger partial charge in [0.2, 0.25) is 0 Å². The lowest BCUT2D eigenvalue weighted by atomic mass is 10.0. The molecule has 1 fully saturated rings. The lowest BCUT2D eigenvalue weighted by molar-refractivity contribution is -0.149. The highest BCUT2D eigenvalue weighted by Gasteiger charge is 2.44. The van der Waals surface area contributed by atoms with Gasteiger partial charge in [-0.15, -0.1) is 0 Å². The summed E-state index contributed by atoms with van der Waals surface area (Å²) in [6.45, 7) is 10.1. The summed E-state index contributed by atoms with van der Waals surface area (Å²) in [4.78, 5) is 63.7. The molecule has 3 N–H and O–H groups in total. The highest BCUT2D eigenvalue weighted by atomic mass is 16.6. The van der Waals surface area contributed by atoms with Crippen molar-refractivity contribution in [2.24, 2.45) is 5.92 Å². The number of alkyl carbamates (subject to hydrolysis) is 1. The van der Waals surface area contributed by atoms with Crippen molar-refractivity contribution in [3.8, 4) is 0 Å². The van der Waals surface area contributed by atoms with Gasteiger partial charge in [-0.1, -0.05) is 13.8 Å². The predicted molar refractivity (Wildman–Crippen MR) is 117 cm³/mol. The molecule has 0 unspecified atom stereocenters. The summed E-state index contributed by atoms with van der Waals surface area (Å²) in [6, 6.07) is -1.82. The molecule has 184 valence electrons. The van der Waals surface area contributed by atoms with Crippen LogP contribution in [0.5, 0.6) is 0 Å². The molecule has 0 saturated carbocycles. The van der Waals surface area contributed by atoms with Gasteiger partial charge >= 0.3 is 17.8 Å². The number of esters is 1. The Kier molecular flexibility index (Phi) is 8.06. The summed E-state index contributed by atoms with van der Waals surface area (Å²) in [6.07, 6.45) is -1.62. The molecule has 1 saturated heterocycles. The van der Waals surface area contributed by atoms with Gasteiger partial charge in [0.15, 0.2) is 6.10 Å². The zero-order valence-electron chi connectivity index (χ0n) is 19.9. The van der Waals surface area contributed by atoms with Crippen molar-refractivity contribution in [3.63, 3.8) is 0 Å². The second kappa shape index (κ2) is 10.2. The molecule has 1 aromatic heterocycles. The highest BCUT2D eigenvalue weighted by Crippen LogP contribution is 2.28. The van der Waals surface area contributed by atoms with E-state index in [-0.39, 0.29) is 17.9 Å². The van der Waals surface area contributed by atoms with Crippen LogP contribution in [-0.4, -0.2) is 58.4 Å². The number of nitrogens with one attached hydrogen (secondary N) is 3. The minimum absolute atomic E-state index is 0.0350. The van der Waals surface area contributed by atoms with Gasteiger partial charge < -0.3 is 24.8 Å². The van der Waals surface area contributed by atoms with E-state index in [0.29, 0.717) is 0 Å². The highest BCUT2D eigenvalue weighted by molar-refractivity contribution is 5.88. The molecule has 33 heavy (non-hydrogen) atoms. The molecule has 2 amide bonds. The first-order chi connectivity index (χ1) is 15.2. The Balaban J connectivity index is 2.33. The molecule has 0 aliphatic carbocycles. The fourth-order valence-electron chi connectivity index (χ4n) is 3.34. The van der Waals surface area contributed by atoms with Gasteiger partial charge in [-0.2, -0.15) is 0 Å². The number of methoxy groups -OCH3 is 1. The fourth-order valence-corrected chi connectivity index (χ4v) is 3.34. The lowest BCUT2D eigenvalue weighted by Crippen LogP contribution is -2.54. The zero-order valence-corrected chi connectivity index (χ0v) is 19.9. The molecular formula is C21H32N4O8. The molecule has 12 nitrogen and oxygen atoms in total. The van der Waals surface area contributed by atoms with Crippen molar-refractivity contribution in [2.75, 3.05) is 7.11 Å². The smallest absolute Gasteiger partial charge is 0.407 e. The Bertz CT molecular complexity index is 1010. The van der Waals surface area contributed by atoms with Crippen LogP contribution >= 0.6 is 0 Å². The maximum atomic E-state index is 13.1. The quantitative estimate of drug-likeness (QED) is 0.504. The first-order valence-corrected chi connectivity index (χ1v) is 10.6. The number of hydrogen-bond acceptors (Lipinski definition) is 8. The van der Waals surface area contributed by atoms with Crippen molar-refractivity contribution in [2.45, 2.75) is 78.0 Å². The number of aromatic amines is 1. The van der Waals surface area contributed by atoms with Gasteiger partial charge in [0.1, 0.15) is 17.9 Å². The topological polar surface area (TPSA) is 158 Å². The zero-order chi connectivity index (χ0) is 25.1. The number of rotatable bonds is 6. The predicted octanol–water partition coefficient (Wildman–Crippen LogP) is 0.340. The molecule has 0 radical (unpaired) electrons. The van der Waals surface area contributed by atoms with Crippen LogP contribution in [0.4, 0.5) is 4.79 Å². The third-order valence-electron chi connectivity index (χ3n) is 4.96. The molecule has 0 aromatic carbocycles. The van der Waals surface area contributed by atoms with Gasteiger partial charge in [0, 0.05) is 18.2 Å².